The molecule has 1 aliphatic rings. The van der Waals surface area contributed by atoms with Crippen LogP contribution in [-0.4, -0.2) is 22.5 Å². The fraction of sp³-hybridized carbons (Fsp3) is 0.167. The second-order valence-corrected chi connectivity index (χ2v) is 3.73. The number of hydrogen-bond acceptors (Lipinski definition) is 3. The van der Waals surface area contributed by atoms with Crippen LogP contribution in [0.3, 0.4) is 0 Å². The maximum Gasteiger partial charge on any atom is 0.262 e. The Morgan fingerprint density at radius 3 is 2.59 bits per heavy atom. The summed E-state index contributed by atoms with van der Waals surface area (Å²) in [6.07, 6.45) is 4.83. The third-order valence-corrected chi connectivity index (χ3v) is 2.56. The highest BCUT2D eigenvalue weighted by atomic mass is 16.2. The molecule has 2 heterocycles. The van der Waals surface area contributed by atoms with Gasteiger partial charge in [0.15, 0.2) is 0 Å². The van der Waals surface area contributed by atoms with Crippen molar-refractivity contribution in [3.05, 3.63) is 36.2 Å². The predicted molar refractivity (Wildman–Crippen MR) is 63.0 cm³/mol. The summed E-state index contributed by atoms with van der Waals surface area (Å²) in [4.78, 5) is 30.3. The average molecular weight is 229 g/mol. The summed E-state index contributed by atoms with van der Waals surface area (Å²) in [7, 11) is 0. The quantitative estimate of drug-likeness (QED) is 0.752. The Kier molecular flexibility index (Phi) is 2.82. The Morgan fingerprint density at radius 1 is 1.35 bits per heavy atom. The molecule has 0 saturated heterocycles. The number of dihydropyridines is 1. The van der Waals surface area contributed by atoms with Gasteiger partial charge in [-0.2, -0.15) is 0 Å². The molecule has 0 bridgehead atoms. The van der Waals surface area contributed by atoms with Gasteiger partial charge in [0, 0.05) is 23.7 Å². The summed E-state index contributed by atoms with van der Waals surface area (Å²) < 4.78 is 0. The fourth-order valence-corrected chi connectivity index (χ4v) is 1.69. The van der Waals surface area contributed by atoms with E-state index in [2.05, 4.69) is 9.98 Å². The van der Waals surface area contributed by atoms with Crippen molar-refractivity contribution in [1.29, 1.82) is 0 Å². The summed E-state index contributed by atoms with van der Waals surface area (Å²) in [5.41, 5.74) is 7.35. The SMILES string of the molecule is CC1=NC(=O)C(C(N)=O)C=C1c1ccncc1. The van der Waals surface area contributed by atoms with Crippen LogP contribution in [-0.2, 0) is 9.59 Å². The second-order valence-electron chi connectivity index (χ2n) is 3.73. The molecule has 5 heteroatoms. The number of aliphatic imine (C=N–C) groups is 1. The Morgan fingerprint density at radius 2 is 2.00 bits per heavy atom. The molecule has 1 aromatic heterocycles. The van der Waals surface area contributed by atoms with Crippen LogP contribution in [0.15, 0.2) is 35.6 Å². The van der Waals surface area contributed by atoms with Gasteiger partial charge in [0.2, 0.25) is 5.91 Å². The van der Waals surface area contributed by atoms with E-state index in [0.29, 0.717) is 5.71 Å². The van der Waals surface area contributed by atoms with Gasteiger partial charge in [-0.15, -0.1) is 0 Å². The van der Waals surface area contributed by atoms with Crippen molar-refractivity contribution in [1.82, 2.24) is 4.98 Å². The van der Waals surface area contributed by atoms with Crippen molar-refractivity contribution < 1.29 is 9.59 Å². The molecule has 1 unspecified atom stereocenters. The molecule has 1 aromatic rings. The number of allylic oxidation sites excluding steroid dienone is 1. The molecule has 1 aliphatic heterocycles. The molecule has 0 fully saturated rings. The van der Waals surface area contributed by atoms with E-state index in [1.54, 1.807) is 37.5 Å². The fourth-order valence-electron chi connectivity index (χ4n) is 1.69. The predicted octanol–water partition coefficient (Wildman–Crippen LogP) is 0.568. The molecular formula is C12H11N3O2. The number of primary amides is 1. The minimum atomic E-state index is -0.970. The molecule has 2 rings (SSSR count). The van der Waals surface area contributed by atoms with Gasteiger partial charge in [0.25, 0.3) is 5.91 Å². The number of hydrogen-bond donors (Lipinski definition) is 1. The van der Waals surface area contributed by atoms with E-state index in [0.717, 1.165) is 11.1 Å². The van der Waals surface area contributed by atoms with Crippen LogP contribution >= 0.6 is 0 Å². The number of carbonyl (C=O) groups is 2. The maximum absolute atomic E-state index is 11.5. The third kappa shape index (κ3) is 2.13. The molecule has 0 saturated carbocycles. The van der Waals surface area contributed by atoms with Crippen LogP contribution in [0.1, 0.15) is 12.5 Å². The van der Waals surface area contributed by atoms with E-state index in [1.807, 2.05) is 0 Å². The van der Waals surface area contributed by atoms with Crippen LogP contribution in [0.25, 0.3) is 5.57 Å². The Bertz CT molecular complexity index is 532. The average Bonchev–Trinajstić information content (AvgIpc) is 2.29. The van der Waals surface area contributed by atoms with Gasteiger partial charge in [-0.1, -0.05) is 6.08 Å². The molecule has 5 nitrogen and oxygen atoms in total. The standard InChI is InChI=1S/C12H11N3O2/c1-7-9(8-2-4-14-5-3-8)6-10(11(13)16)12(17)15-7/h2-6,10H,1H3,(H2,13,16). The Hall–Kier alpha value is -2.30. The van der Waals surface area contributed by atoms with E-state index in [4.69, 9.17) is 5.73 Å². The first kappa shape index (κ1) is 11.2. The van der Waals surface area contributed by atoms with Gasteiger partial charge < -0.3 is 5.73 Å². The molecule has 86 valence electrons. The van der Waals surface area contributed by atoms with Gasteiger partial charge in [0.1, 0.15) is 5.92 Å². The van der Waals surface area contributed by atoms with Crippen LogP contribution < -0.4 is 5.73 Å². The topological polar surface area (TPSA) is 85.4 Å². The lowest BCUT2D eigenvalue weighted by Crippen LogP contribution is -2.31. The molecule has 0 aliphatic carbocycles. The molecule has 0 aromatic carbocycles. The van der Waals surface area contributed by atoms with Crippen molar-refractivity contribution in [2.24, 2.45) is 16.6 Å². The molecule has 17 heavy (non-hydrogen) atoms. The first-order valence-electron chi connectivity index (χ1n) is 5.10. The lowest BCUT2D eigenvalue weighted by molar-refractivity contribution is -0.129. The minimum Gasteiger partial charge on any atom is -0.369 e. The van der Waals surface area contributed by atoms with Crippen molar-refractivity contribution in [2.75, 3.05) is 0 Å². The summed E-state index contributed by atoms with van der Waals surface area (Å²) in [5, 5.41) is 0. The van der Waals surface area contributed by atoms with Gasteiger partial charge in [-0.05, 0) is 24.6 Å². The number of nitrogens with zero attached hydrogens (tertiary/aromatic N) is 2. The van der Waals surface area contributed by atoms with E-state index in [1.165, 1.54) is 0 Å². The summed E-state index contributed by atoms with van der Waals surface area (Å²) in [6.45, 7) is 1.72. The molecule has 0 radical (unpaired) electrons. The molecule has 0 spiro atoms. The van der Waals surface area contributed by atoms with E-state index < -0.39 is 17.7 Å². The zero-order valence-electron chi connectivity index (χ0n) is 9.25. The number of aromatic nitrogens is 1. The van der Waals surface area contributed by atoms with Crippen molar-refractivity contribution in [3.63, 3.8) is 0 Å². The van der Waals surface area contributed by atoms with E-state index in [-0.39, 0.29) is 0 Å². The van der Waals surface area contributed by atoms with Gasteiger partial charge in [0.05, 0.1) is 0 Å². The highest BCUT2D eigenvalue weighted by Crippen LogP contribution is 2.22. The number of amides is 2. The zero-order chi connectivity index (χ0) is 12.4. The van der Waals surface area contributed by atoms with Crippen LogP contribution in [0.4, 0.5) is 0 Å². The molecule has 1 atom stereocenters. The first-order chi connectivity index (χ1) is 8.09. The summed E-state index contributed by atoms with van der Waals surface area (Å²) in [6, 6.07) is 3.58. The largest absolute Gasteiger partial charge is 0.369 e. The highest BCUT2D eigenvalue weighted by molar-refractivity contribution is 6.29. The van der Waals surface area contributed by atoms with Crippen molar-refractivity contribution in [3.8, 4) is 0 Å². The number of nitrogens with two attached hydrogens (primary N) is 1. The van der Waals surface area contributed by atoms with Gasteiger partial charge in [-0.3, -0.25) is 14.6 Å². The molecule has 2 amide bonds. The van der Waals surface area contributed by atoms with Crippen LogP contribution in [0.2, 0.25) is 0 Å². The Balaban J connectivity index is 2.46. The van der Waals surface area contributed by atoms with Crippen molar-refractivity contribution >= 4 is 23.1 Å². The number of rotatable bonds is 2. The molecule has 2 N–H and O–H groups in total. The van der Waals surface area contributed by atoms with Crippen LogP contribution in [0, 0.1) is 5.92 Å². The lowest BCUT2D eigenvalue weighted by atomic mass is 9.94. The van der Waals surface area contributed by atoms with Crippen molar-refractivity contribution in [2.45, 2.75) is 6.92 Å². The van der Waals surface area contributed by atoms with Gasteiger partial charge >= 0.3 is 0 Å². The highest BCUT2D eigenvalue weighted by Gasteiger charge is 2.27. The van der Waals surface area contributed by atoms with Gasteiger partial charge in [-0.25, -0.2) is 4.99 Å². The maximum atomic E-state index is 11.5. The summed E-state index contributed by atoms with van der Waals surface area (Å²) in [5.74, 6) is -2.16. The minimum absolute atomic E-state index is 0.507. The van der Waals surface area contributed by atoms with E-state index in [9.17, 15) is 9.59 Å². The Labute approximate surface area is 98.1 Å². The summed E-state index contributed by atoms with van der Waals surface area (Å²) >= 11 is 0. The normalized spacial score (nSPS) is 19.6. The lowest BCUT2D eigenvalue weighted by Gasteiger charge is -2.16. The van der Waals surface area contributed by atoms with Crippen LogP contribution in [0.5, 0.6) is 0 Å². The number of carbonyl (C=O) groups excluding carboxylic acids is 2. The zero-order valence-corrected chi connectivity index (χ0v) is 9.25. The smallest absolute Gasteiger partial charge is 0.262 e. The van der Waals surface area contributed by atoms with E-state index >= 15 is 0 Å². The monoisotopic (exact) mass is 229 g/mol. The first-order valence-corrected chi connectivity index (χ1v) is 5.10. The molecular weight excluding hydrogens is 218 g/mol. The third-order valence-electron chi connectivity index (χ3n) is 2.56. The number of pyridine rings is 1. The second kappa shape index (κ2) is 4.29.